The van der Waals surface area contributed by atoms with Crippen LogP contribution in [0.25, 0.3) is 0 Å². The Balaban J connectivity index is 2.12. The van der Waals surface area contributed by atoms with Crippen LogP contribution in [0.4, 0.5) is 5.13 Å². The van der Waals surface area contributed by atoms with Crippen LogP contribution in [0.2, 0.25) is 0 Å². The minimum Gasteiger partial charge on any atom is -0.301 e. The van der Waals surface area contributed by atoms with Crippen molar-refractivity contribution in [3.05, 3.63) is 0 Å². The van der Waals surface area contributed by atoms with Crippen molar-refractivity contribution in [2.75, 3.05) is 5.32 Å². The summed E-state index contributed by atoms with van der Waals surface area (Å²) in [5.41, 5.74) is 0. The molecule has 19 heavy (non-hydrogen) atoms. The molecule has 102 valence electrons. The molecule has 0 saturated heterocycles. The molecule has 0 aliphatic heterocycles. The van der Waals surface area contributed by atoms with Crippen molar-refractivity contribution < 1.29 is 13.2 Å². The van der Waals surface area contributed by atoms with Crippen LogP contribution in [-0.4, -0.2) is 30.6 Å². The molecule has 8 nitrogen and oxygen atoms in total. The van der Waals surface area contributed by atoms with Crippen LogP contribution in [0.1, 0.15) is 19.8 Å². The van der Waals surface area contributed by atoms with E-state index in [1.165, 1.54) is 6.92 Å². The van der Waals surface area contributed by atoms with Crippen LogP contribution >= 0.6 is 11.3 Å². The molecule has 1 aliphatic carbocycles. The molecule has 1 unspecified atom stereocenters. The van der Waals surface area contributed by atoms with Crippen LogP contribution in [-0.2, 0) is 14.8 Å². The SMILES string of the molecule is CC(=O)Nc1nnc(S(=O)(=O)NC(C#N)C2CC2)s1. The van der Waals surface area contributed by atoms with Crippen molar-refractivity contribution in [2.45, 2.75) is 30.1 Å². The zero-order valence-corrected chi connectivity index (χ0v) is 11.6. The van der Waals surface area contributed by atoms with Crippen LogP contribution in [0.3, 0.4) is 0 Å². The first-order valence-corrected chi connectivity index (χ1v) is 7.75. The Morgan fingerprint density at radius 1 is 1.53 bits per heavy atom. The van der Waals surface area contributed by atoms with Crippen molar-refractivity contribution in [3.8, 4) is 6.07 Å². The number of amides is 1. The number of carbonyl (C=O) groups is 1. The highest BCUT2D eigenvalue weighted by Crippen LogP contribution is 2.33. The van der Waals surface area contributed by atoms with Crippen LogP contribution in [0.5, 0.6) is 0 Å². The second-order valence-corrected chi connectivity index (χ2v) is 6.99. The highest BCUT2D eigenvalue weighted by atomic mass is 32.2. The van der Waals surface area contributed by atoms with Gasteiger partial charge in [-0.1, -0.05) is 11.3 Å². The first kappa shape index (κ1) is 13.9. The molecule has 2 N–H and O–H groups in total. The number of carbonyl (C=O) groups excluding carboxylic acids is 1. The number of hydrogen-bond acceptors (Lipinski definition) is 7. The van der Waals surface area contributed by atoms with Gasteiger partial charge in [0.25, 0.3) is 10.0 Å². The predicted molar refractivity (Wildman–Crippen MR) is 66.7 cm³/mol. The second-order valence-electron chi connectivity index (χ2n) is 4.12. The molecule has 1 aromatic heterocycles. The maximum absolute atomic E-state index is 12.0. The maximum atomic E-state index is 12.0. The Morgan fingerprint density at radius 3 is 2.74 bits per heavy atom. The predicted octanol–water partition coefficient (Wildman–Crippen LogP) is 0.0770. The first-order valence-electron chi connectivity index (χ1n) is 5.45. The number of anilines is 1. The summed E-state index contributed by atoms with van der Waals surface area (Å²) >= 11 is 0.739. The maximum Gasteiger partial charge on any atom is 0.271 e. The highest BCUT2D eigenvalue weighted by Gasteiger charge is 2.35. The van der Waals surface area contributed by atoms with Crippen LogP contribution in [0, 0.1) is 17.2 Å². The van der Waals surface area contributed by atoms with E-state index in [-0.39, 0.29) is 21.3 Å². The molecule has 0 spiro atoms. The van der Waals surface area contributed by atoms with Gasteiger partial charge in [0.05, 0.1) is 6.07 Å². The van der Waals surface area contributed by atoms with Crippen LogP contribution in [0.15, 0.2) is 4.34 Å². The van der Waals surface area contributed by atoms with Gasteiger partial charge in [-0.3, -0.25) is 4.79 Å². The molecule has 1 atom stereocenters. The van der Waals surface area contributed by atoms with Crippen molar-refractivity contribution in [3.63, 3.8) is 0 Å². The molecule has 1 heterocycles. The van der Waals surface area contributed by atoms with Gasteiger partial charge in [0.2, 0.25) is 15.4 Å². The van der Waals surface area contributed by atoms with E-state index in [1.807, 2.05) is 6.07 Å². The van der Waals surface area contributed by atoms with Crippen molar-refractivity contribution in [2.24, 2.45) is 5.92 Å². The molecule has 0 bridgehead atoms. The number of nitrogens with one attached hydrogen (secondary N) is 2. The zero-order chi connectivity index (χ0) is 14.0. The lowest BCUT2D eigenvalue weighted by Gasteiger charge is -2.08. The molecular formula is C9H11N5O3S2. The van der Waals surface area contributed by atoms with E-state index in [2.05, 4.69) is 20.2 Å². The fourth-order valence-electron chi connectivity index (χ4n) is 1.39. The van der Waals surface area contributed by atoms with Crippen LogP contribution < -0.4 is 10.0 Å². The molecule has 1 aliphatic rings. The average Bonchev–Trinajstić information content (AvgIpc) is 3.06. The summed E-state index contributed by atoms with van der Waals surface area (Å²) in [7, 11) is -3.87. The van der Waals surface area contributed by atoms with E-state index in [0.29, 0.717) is 0 Å². The van der Waals surface area contributed by atoms with Gasteiger partial charge in [0.15, 0.2) is 0 Å². The number of rotatable bonds is 5. The molecule has 2 rings (SSSR count). The fourth-order valence-corrected chi connectivity index (χ4v) is 3.57. The standard InChI is InChI=1S/C9H11N5O3S2/c1-5(15)11-8-12-13-9(18-8)19(16,17)14-7(4-10)6-2-3-6/h6-7,14H,2-3H2,1H3,(H,11,12,15). The van der Waals surface area contributed by atoms with Gasteiger partial charge in [-0.25, -0.2) is 8.42 Å². The van der Waals surface area contributed by atoms with E-state index >= 15 is 0 Å². The summed E-state index contributed by atoms with van der Waals surface area (Å²) in [5, 5.41) is 18.4. The first-order chi connectivity index (χ1) is 8.92. The van der Waals surface area contributed by atoms with Gasteiger partial charge in [0, 0.05) is 6.92 Å². The number of sulfonamides is 1. The number of nitriles is 1. The third-order valence-corrected chi connectivity index (χ3v) is 5.08. The summed E-state index contributed by atoms with van der Waals surface area (Å²) < 4.78 is 26.0. The molecule has 1 aromatic rings. The Kier molecular flexibility index (Phi) is 3.79. The fraction of sp³-hybridized carbons (Fsp3) is 0.556. The lowest BCUT2D eigenvalue weighted by molar-refractivity contribution is -0.114. The van der Waals surface area contributed by atoms with E-state index < -0.39 is 16.1 Å². The lowest BCUT2D eigenvalue weighted by atomic mass is 10.2. The van der Waals surface area contributed by atoms with Crippen molar-refractivity contribution in [1.29, 1.82) is 5.26 Å². The van der Waals surface area contributed by atoms with E-state index in [9.17, 15) is 13.2 Å². The zero-order valence-electron chi connectivity index (χ0n) is 9.95. The monoisotopic (exact) mass is 301 g/mol. The van der Waals surface area contributed by atoms with Crippen molar-refractivity contribution >= 4 is 32.4 Å². The third-order valence-electron chi connectivity index (χ3n) is 2.43. The lowest BCUT2D eigenvalue weighted by Crippen LogP contribution is -2.35. The van der Waals surface area contributed by atoms with Gasteiger partial charge in [-0.2, -0.15) is 9.98 Å². The smallest absolute Gasteiger partial charge is 0.271 e. The average molecular weight is 301 g/mol. The third kappa shape index (κ3) is 3.46. The van der Waals surface area contributed by atoms with Gasteiger partial charge < -0.3 is 5.32 Å². The molecule has 1 amide bonds. The minimum absolute atomic E-state index is 0.0718. The summed E-state index contributed by atoms with van der Waals surface area (Å²) in [6.45, 7) is 1.28. The number of hydrogen-bond donors (Lipinski definition) is 2. The summed E-state index contributed by atoms with van der Waals surface area (Å²) in [6, 6.07) is 1.19. The quantitative estimate of drug-likeness (QED) is 0.742. The normalized spacial score (nSPS) is 16.6. The molecule has 1 saturated carbocycles. The molecule has 10 heteroatoms. The van der Waals surface area contributed by atoms with Crippen molar-refractivity contribution in [1.82, 2.24) is 14.9 Å². The molecule has 0 radical (unpaired) electrons. The number of aromatic nitrogens is 2. The number of nitrogens with zero attached hydrogens (tertiary/aromatic N) is 3. The Bertz CT molecular complexity index is 629. The Labute approximate surface area is 113 Å². The largest absolute Gasteiger partial charge is 0.301 e. The van der Waals surface area contributed by atoms with Gasteiger partial charge in [0.1, 0.15) is 6.04 Å². The molecular weight excluding hydrogens is 290 g/mol. The highest BCUT2D eigenvalue weighted by molar-refractivity contribution is 7.91. The topological polar surface area (TPSA) is 125 Å². The summed E-state index contributed by atoms with van der Waals surface area (Å²) in [4.78, 5) is 10.8. The Morgan fingerprint density at radius 2 is 2.21 bits per heavy atom. The second kappa shape index (κ2) is 5.20. The van der Waals surface area contributed by atoms with Gasteiger partial charge in [-0.15, -0.1) is 10.2 Å². The summed E-state index contributed by atoms with van der Waals surface area (Å²) in [5.74, 6) is -0.288. The Hall–Kier alpha value is -1.57. The van der Waals surface area contributed by atoms with E-state index in [1.54, 1.807) is 0 Å². The minimum atomic E-state index is -3.87. The summed E-state index contributed by atoms with van der Waals surface area (Å²) in [6.07, 6.45) is 1.68. The van der Waals surface area contributed by atoms with E-state index in [0.717, 1.165) is 24.2 Å². The molecule has 1 fully saturated rings. The van der Waals surface area contributed by atoms with Gasteiger partial charge >= 0.3 is 0 Å². The molecule has 0 aromatic carbocycles. The van der Waals surface area contributed by atoms with Gasteiger partial charge in [-0.05, 0) is 18.8 Å². The van der Waals surface area contributed by atoms with E-state index in [4.69, 9.17) is 5.26 Å².